The van der Waals surface area contributed by atoms with Crippen LogP contribution in [-0.2, 0) is 4.79 Å². The second kappa shape index (κ2) is 8.47. The molecule has 1 aromatic heterocycles. The van der Waals surface area contributed by atoms with Gasteiger partial charge in [-0.3, -0.25) is 9.59 Å². The predicted molar refractivity (Wildman–Crippen MR) is 107 cm³/mol. The van der Waals surface area contributed by atoms with Crippen molar-refractivity contribution in [1.29, 1.82) is 5.26 Å². The molecule has 0 fully saturated rings. The van der Waals surface area contributed by atoms with Crippen molar-refractivity contribution in [3.8, 4) is 6.07 Å². The number of hydrogen-bond acceptors (Lipinski definition) is 5. The van der Waals surface area contributed by atoms with Gasteiger partial charge >= 0.3 is 0 Å². The van der Waals surface area contributed by atoms with Crippen molar-refractivity contribution in [3.63, 3.8) is 0 Å². The summed E-state index contributed by atoms with van der Waals surface area (Å²) in [5.41, 5.74) is 2.93. The topological polar surface area (TPSA) is 107 Å². The minimum Gasteiger partial charge on any atom is -0.340 e. The summed E-state index contributed by atoms with van der Waals surface area (Å²) in [6.07, 6.45) is 1.47. The zero-order chi connectivity index (χ0) is 19.9. The number of pyridine rings is 1. The molecule has 0 saturated heterocycles. The maximum Gasteiger partial charge on any atom is 0.257 e. The highest BCUT2D eigenvalue weighted by Gasteiger charge is 2.08. The molecule has 0 radical (unpaired) electrons. The Kier molecular flexibility index (Phi) is 5.63. The summed E-state index contributed by atoms with van der Waals surface area (Å²) in [5, 5.41) is 17.4. The van der Waals surface area contributed by atoms with Crippen LogP contribution in [0.2, 0.25) is 0 Å². The molecule has 0 aliphatic rings. The van der Waals surface area contributed by atoms with Gasteiger partial charge < -0.3 is 16.0 Å². The maximum absolute atomic E-state index is 12.4. The van der Waals surface area contributed by atoms with E-state index in [2.05, 4.69) is 27.0 Å². The van der Waals surface area contributed by atoms with Gasteiger partial charge in [0.1, 0.15) is 5.82 Å². The maximum atomic E-state index is 12.4. The van der Waals surface area contributed by atoms with Crippen molar-refractivity contribution >= 4 is 34.7 Å². The van der Waals surface area contributed by atoms with Gasteiger partial charge in [0.15, 0.2) is 0 Å². The van der Waals surface area contributed by atoms with Crippen LogP contribution in [0.15, 0.2) is 66.9 Å². The Balaban J connectivity index is 1.65. The highest BCUT2D eigenvalue weighted by molar-refractivity contribution is 6.04. The van der Waals surface area contributed by atoms with Crippen LogP contribution >= 0.6 is 0 Å². The molecule has 0 unspecified atom stereocenters. The van der Waals surface area contributed by atoms with E-state index in [1.165, 1.54) is 13.1 Å². The third-order valence-electron chi connectivity index (χ3n) is 3.75. The van der Waals surface area contributed by atoms with Gasteiger partial charge in [-0.15, -0.1) is 0 Å². The first kappa shape index (κ1) is 18.6. The fraction of sp³-hybridized carbons (Fsp3) is 0.0476. The lowest BCUT2D eigenvalue weighted by Crippen LogP contribution is -2.13. The Morgan fingerprint density at radius 3 is 2.25 bits per heavy atom. The lowest BCUT2D eigenvalue weighted by atomic mass is 10.2. The first-order valence-electron chi connectivity index (χ1n) is 8.46. The van der Waals surface area contributed by atoms with Crippen LogP contribution in [0.1, 0.15) is 22.8 Å². The van der Waals surface area contributed by atoms with Crippen molar-refractivity contribution < 1.29 is 9.59 Å². The van der Waals surface area contributed by atoms with Gasteiger partial charge in [-0.2, -0.15) is 5.26 Å². The Bertz CT molecular complexity index is 1040. The number of anilines is 4. The number of hydrogen-bond donors (Lipinski definition) is 3. The highest BCUT2D eigenvalue weighted by atomic mass is 16.2. The van der Waals surface area contributed by atoms with E-state index in [1.807, 2.05) is 0 Å². The fourth-order valence-corrected chi connectivity index (χ4v) is 2.46. The summed E-state index contributed by atoms with van der Waals surface area (Å²) in [7, 11) is 0. The van der Waals surface area contributed by atoms with Gasteiger partial charge in [0.05, 0.1) is 17.2 Å². The van der Waals surface area contributed by atoms with Crippen LogP contribution in [0.4, 0.5) is 22.9 Å². The summed E-state index contributed by atoms with van der Waals surface area (Å²) in [5.74, 6) is 0.0874. The lowest BCUT2D eigenvalue weighted by molar-refractivity contribution is -0.114. The second-order valence-corrected chi connectivity index (χ2v) is 5.96. The Morgan fingerprint density at radius 1 is 0.929 bits per heavy atom. The van der Waals surface area contributed by atoms with Crippen LogP contribution < -0.4 is 16.0 Å². The SMILES string of the molecule is CC(=O)Nc1cccc(NC(=O)c2ccc(Nc3ccc(C#N)cc3)nc2)c1. The zero-order valence-corrected chi connectivity index (χ0v) is 15.1. The third kappa shape index (κ3) is 4.93. The number of rotatable bonds is 5. The Morgan fingerprint density at radius 2 is 1.64 bits per heavy atom. The van der Waals surface area contributed by atoms with Crippen molar-refractivity contribution in [2.75, 3.05) is 16.0 Å². The van der Waals surface area contributed by atoms with E-state index in [4.69, 9.17) is 5.26 Å². The third-order valence-corrected chi connectivity index (χ3v) is 3.75. The van der Waals surface area contributed by atoms with E-state index in [0.29, 0.717) is 28.3 Å². The summed E-state index contributed by atoms with van der Waals surface area (Å²) in [4.78, 5) is 27.8. The number of amides is 2. The standard InChI is InChI=1S/C21H17N5O2/c1-14(27)24-18-3-2-4-19(11-18)26-21(28)16-7-10-20(23-13-16)25-17-8-5-15(12-22)6-9-17/h2-11,13H,1H3,(H,23,25)(H,24,27)(H,26,28). The van der Waals surface area contributed by atoms with E-state index in [-0.39, 0.29) is 11.8 Å². The van der Waals surface area contributed by atoms with E-state index in [1.54, 1.807) is 60.7 Å². The number of nitrogens with zero attached hydrogens (tertiary/aromatic N) is 2. The van der Waals surface area contributed by atoms with Gasteiger partial charge in [-0.05, 0) is 54.6 Å². The number of benzene rings is 2. The second-order valence-electron chi connectivity index (χ2n) is 5.96. The van der Waals surface area contributed by atoms with Crippen LogP contribution in [-0.4, -0.2) is 16.8 Å². The van der Waals surface area contributed by atoms with E-state index in [0.717, 1.165) is 5.69 Å². The summed E-state index contributed by atoms with van der Waals surface area (Å²) in [6.45, 7) is 1.42. The molecule has 0 aliphatic heterocycles. The molecule has 0 aliphatic carbocycles. The molecular weight excluding hydrogens is 354 g/mol. The monoisotopic (exact) mass is 371 g/mol. The van der Waals surface area contributed by atoms with Crippen LogP contribution in [0, 0.1) is 11.3 Å². The number of aromatic nitrogens is 1. The quantitative estimate of drug-likeness (QED) is 0.630. The summed E-state index contributed by atoms with van der Waals surface area (Å²) in [6, 6.07) is 19.3. The smallest absolute Gasteiger partial charge is 0.257 e. The van der Waals surface area contributed by atoms with Gasteiger partial charge in [0.2, 0.25) is 5.91 Å². The number of nitriles is 1. The first-order valence-corrected chi connectivity index (χ1v) is 8.46. The minimum absolute atomic E-state index is 0.182. The van der Waals surface area contributed by atoms with Gasteiger partial charge in [0, 0.05) is 30.2 Å². The normalized spacial score (nSPS) is 9.86. The first-order chi connectivity index (χ1) is 13.5. The molecule has 7 nitrogen and oxygen atoms in total. The Hall–Kier alpha value is -4.18. The molecule has 0 bridgehead atoms. The lowest BCUT2D eigenvalue weighted by Gasteiger charge is -2.09. The molecule has 1 heterocycles. The molecule has 0 saturated carbocycles. The molecule has 28 heavy (non-hydrogen) atoms. The predicted octanol–water partition coefficient (Wildman–Crippen LogP) is 3.91. The average molecular weight is 371 g/mol. The molecule has 3 aromatic rings. The van der Waals surface area contributed by atoms with Crippen molar-refractivity contribution in [3.05, 3.63) is 78.0 Å². The summed E-state index contributed by atoms with van der Waals surface area (Å²) < 4.78 is 0. The van der Waals surface area contributed by atoms with Crippen molar-refractivity contribution in [2.24, 2.45) is 0 Å². The summed E-state index contributed by atoms with van der Waals surface area (Å²) >= 11 is 0. The highest BCUT2D eigenvalue weighted by Crippen LogP contribution is 2.18. The van der Waals surface area contributed by atoms with Gasteiger partial charge in [-0.1, -0.05) is 6.07 Å². The van der Waals surface area contributed by atoms with Crippen LogP contribution in [0.25, 0.3) is 0 Å². The van der Waals surface area contributed by atoms with E-state index >= 15 is 0 Å². The molecule has 2 amide bonds. The molecular formula is C21H17N5O2. The molecule has 7 heteroatoms. The number of carbonyl (C=O) groups is 2. The number of nitrogens with one attached hydrogen (secondary N) is 3. The Labute approximate surface area is 162 Å². The molecule has 138 valence electrons. The van der Waals surface area contributed by atoms with E-state index < -0.39 is 0 Å². The van der Waals surface area contributed by atoms with Gasteiger partial charge in [-0.25, -0.2) is 4.98 Å². The molecule has 0 spiro atoms. The minimum atomic E-state index is -0.308. The number of carbonyl (C=O) groups excluding carboxylic acids is 2. The molecule has 2 aromatic carbocycles. The molecule has 0 atom stereocenters. The molecule has 3 N–H and O–H groups in total. The van der Waals surface area contributed by atoms with E-state index in [9.17, 15) is 9.59 Å². The average Bonchev–Trinajstić information content (AvgIpc) is 2.69. The largest absolute Gasteiger partial charge is 0.340 e. The van der Waals surface area contributed by atoms with Gasteiger partial charge in [0.25, 0.3) is 5.91 Å². The molecule has 3 rings (SSSR count). The zero-order valence-electron chi connectivity index (χ0n) is 15.1. The van der Waals surface area contributed by atoms with Crippen LogP contribution in [0.5, 0.6) is 0 Å². The van der Waals surface area contributed by atoms with Crippen molar-refractivity contribution in [1.82, 2.24) is 4.98 Å². The van der Waals surface area contributed by atoms with Crippen LogP contribution in [0.3, 0.4) is 0 Å². The van der Waals surface area contributed by atoms with Crippen molar-refractivity contribution in [2.45, 2.75) is 6.92 Å². The fourth-order valence-electron chi connectivity index (χ4n) is 2.46.